The van der Waals surface area contributed by atoms with Crippen LogP contribution < -0.4 is 5.32 Å². The van der Waals surface area contributed by atoms with Crippen molar-refractivity contribution < 1.29 is 9.50 Å². The third-order valence-electron chi connectivity index (χ3n) is 1.79. The first kappa shape index (κ1) is 9.99. The number of benzene rings is 1. The van der Waals surface area contributed by atoms with E-state index in [0.717, 1.165) is 5.69 Å². The van der Waals surface area contributed by atoms with Crippen LogP contribution in [0.3, 0.4) is 0 Å². The van der Waals surface area contributed by atoms with Gasteiger partial charge in [0.25, 0.3) is 0 Å². The summed E-state index contributed by atoms with van der Waals surface area (Å²) in [5.41, 5.74) is 0.750. The van der Waals surface area contributed by atoms with Crippen molar-refractivity contribution in [2.75, 3.05) is 18.5 Å². The Hall–Kier alpha value is -1.09. The van der Waals surface area contributed by atoms with E-state index < -0.39 is 0 Å². The van der Waals surface area contributed by atoms with E-state index in [2.05, 4.69) is 5.32 Å². The fourth-order valence-corrected chi connectivity index (χ4v) is 0.955. The van der Waals surface area contributed by atoms with Crippen LogP contribution in [0.2, 0.25) is 0 Å². The van der Waals surface area contributed by atoms with Crippen LogP contribution in [0.5, 0.6) is 0 Å². The lowest BCUT2D eigenvalue weighted by atomic mass is 10.2. The van der Waals surface area contributed by atoms with Gasteiger partial charge in [-0.1, -0.05) is 13.0 Å². The zero-order chi connectivity index (χ0) is 9.68. The zero-order valence-corrected chi connectivity index (χ0v) is 7.63. The minimum Gasteiger partial charge on any atom is -0.396 e. The largest absolute Gasteiger partial charge is 0.396 e. The number of hydrogen-bond acceptors (Lipinski definition) is 2. The first-order valence-corrected chi connectivity index (χ1v) is 4.32. The fourth-order valence-electron chi connectivity index (χ4n) is 0.955. The van der Waals surface area contributed by atoms with E-state index in [-0.39, 0.29) is 18.3 Å². The Kier molecular flexibility index (Phi) is 3.71. The van der Waals surface area contributed by atoms with E-state index in [1.165, 1.54) is 12.1 Å². The molecule has 0 saturated carbocycles. The van der Waals surface area contributed by atoms with E-state index >= 15 is 0 Å². The zero-order valence-electron chi connectivity index (χ0n) is 7.63. The summed E-state index contributed by atoms with van der Waals surface area (Å²) in [6, 6.07) is 6.29. The Morgan fingerprint density at radius 3 is 2.92 bits per heavy atom. The van der Waals surface area contributed by atoms with Crippen molar-refractivity contribution in [1.29, 1.82) is 0 Å². The molecule has 0 aliphatic carbocycles. The molecule has 1 atom stereocenters. The van der Waals surface area contributed by atoms with Crippen LogP contribution in [0, 0.1) is 11.7 Å². The van der Waals surface area contributed by atoms with Gasteiger partial charge in [-0.2, -0.15) is 0 Å². The molecule has 72 valence electrons. The summed E-state index contributed by atoms with van der Waals surface area (Å²) in [7, 11) is 0. The van der Waals surface area contributed by atoms with Gasteiger partial charge in [0.05, 0.1) is 0 Å². The number of halogens is 1. The summed E-state index contributed by atoms with van der Waals surface area (Å²) in [6.07, 6.45) is 0. The van der Waals surface area contributed by atoms with Gasteiger partial charge in [-0.3, -0.25) is 0 Å². The predicted octanol–water partition coefficient (Wildman–Crippen LogP) is 1.87. The highest BCUT2D eigenvalue weighted by Gasteiger charge is 1.99. The Bertz CT molecular complexity index is 265. The third-order valence-corrected chi connectivity index (χ3v) is 1.79. The molecule has 0 fully saturated rings. The molecule has 1 aromatic rings. The first-order valence-electron chi connectivity index (χ1n) is 4.32. The monoisotopic (exact) mass is 183 g/mol. The van der Waals surface area contributed by atoms with Gasteiger partial charge in [-0.05, 0) is 24.1 Å². The van der Waals surface area contributed by atoms with Crippen LogP contribution in [0.15, 0.2) is 24.3 Å². The molecule has 0 saturated heterocycles. The minimum absolute atomic E-state index is 0.141. The van der Waals surface area contributed by atoms with Crippen molar-refractivity contribution in [2.24, 2.45) is 5.92 Å². The molecule has 0 amide bonds. The first-order chi connectivity index (χ1) is 6.22. The maximum Gasteiger partial charge on any atom is 0.125 e. The van der Waals surface area contributed by atoms with Crippen LogP contribution in [-0.2, 0) is 0 Å². The Labute approximate surface area is 77.4 Å². The molecule has 1 rings (SSSR count). The van der Waals surface area contributed by atoms with E-state index in [9.17, 15) is 4.39 Å². The van der Waals surface area contributed by atoms with Crippen LogP contribution in [-0.4, -0.2) is 18.3 Å². The molecular formula is C10H14FNO. The van der Waals surface area contributed by atoms with Gasteiger partial charge in [0.2, 0.25) is 0 Å². The van der Waals surface area contributed by atoms with Gasteiger partial charge in [0, 0.05) is 18.8 Å². The second kappa shape index (κ2) is 4.82. The normalized spacial score (nSPS) is 12.5. The van der Waals surface area contributed by atoms with Gasteiger partial charge < -0.3 is 10.4 Å². The molecule has 0 aliphatic heterocycles. The van der Waals surface area contributed by atoms with Crippen molar-refractivity contribution in [3.05, 3.63) is 30.1 Å². The predicted molar refractivity (Wildman–Crippen MR) is 51.1 cm³/mol. The van der Waals surface area contributed by atoms with Gasteiger partial charge >= 0.3 is 0 Å². The molecule has 3 heteroatoms. The summed E-state index contributed by atoms with van der Waals surface area (Å²) in [5.74, 6) is -0.0649. The molecule has 1 unspecified atom stereocenters. The molecule has 0 spiro atoms. The fraction of sp³-hybridized carbons (Fsp3) is 0.400. The van der Waals surface area contributed by atoms with Crippen LogP contribution >= 0.6 is 0 Å². The highest BCUT2D eigenvalue weighted by atomic mass is 19.1. The second-order valence-corrected chi connectivity index (χ2v) is 3.18. The van der Waals surface area contributed by atoms with Crippen LogP contribution in [0.4, 0.5) is 10.1 Å². The average molecular weight is 183 g/mol. The Balaban J connectivity index is 2.45. The summed E-state index contributed by atoms with van der Waals surface area (Å²) in [5, 5.41) is 11.8. The topological polar surface area (TPSA) is 32.3 Å². The van der Waals surface area contributed by atoms with Crippen LogP contribution in [0.1, 0.15) is 6.92 Å². The number of hydrogen-bond donors (Lipinski definition) is 2. The summed E-state index contributed by atoms with van der Waals surface area (Å²) < 4.78 is 12.7. The molecule has 13 heavy (non-hydrogen) atoms. The van der Waals surface area contributed by atoms with Gasteiger partial charge in [-0.15, -0.1) is 0 Å². The number of aliphatic hydroxyl groups excluding tert-OH is 1. The molecule has 1 aromatic carbocycles. The second-order valence-electron chi connectivity index (χ2n) is 3.18. The van der Waals surface area contributed by atoms with E-state index in [4.69, 9.17) is 5.11 Å². The van der Waals surface area contributed by atoms with Crippen LogP contribution in [0.25, 0.3) is 0 Å². The number of aliphatic hydroxyl groups is 1. The maximum absolute atomic E-state index is 12.7. The van der Waals surface area contributed by atoms with E-state index in [0.29, 0.717) is 6.54 Å². The lowest BCUT2D eigenvalue weighted by molar-refractivity contribution is 0.244. The summed E-state index contributed by atoms with van der Waals surface area (Å²) in [6.45, 7) is 2.72. The quantitative estimate of drug-likeness (QED) is 0.746. The lowest BCUT2D eigenvalue weighted by Gasteiger charge is -2.10. The minimum atomic E-state index is -0.248. The number of nitrogens with one attached hydrogen (secondary N) is 1. The highest BCUT2D eigenvalue weighted by Crippen LogP contribution is 2.09. The van der Waals surface area contributed by atoms with Gasteiger partial charge in [0.1, 0.15) is 5.82 Å². The third kappa shape index (κ3) is 3.42. The van der Waals surface area contributed by atoms with Crippen molar-refractivity contribution in [3.63, 3.8) is 0 Å². The highest BCUT2D eigenvalue weighted by molar-refractivity contribution is 5.42. The molecular weight excluding hydrogens is 169 g/mol. The lowest BCUT2D eigenvalue weighted by Crippen LogP contribution is -2.14. The summed E-state index contributed by atoms with van der Waals surface area (Å²) >= 11 is 0. The van der Waals surface area contributed by atoms with E-state index in [1.807, 2.05) is 6.92 Å². The average Bonchev–Trinajstić information content (AvgIpc) is 2.14. The standard InChI is InChI=1S/C10H14FNO/c1-8(7-13)6-12-10-4-2-3-9(11)5-10/h2-5,8,12-13H,6-7H2,1H3. The number of rotatable bonds is 4. The van der Waals surface area contributed by atoms with Crippen molar-refractivity contribution in [1.82, 2.24) is 0 Å². The molecule has 2 N–H and O–H groups in total. The molecule has 0 aromatic heterocycles. The molecule has 2 nitrogen and oxygen atoms in total. The Morgan fingerprint density at radius 1 is 1.54 bits per heavy atom. The smallest absolute Gasteiger partial charge is 0.125 e. The van der Waals surface area contributed by atoms with Crippen molar-refractivity contribution in [3.8, 4) is 0 Å². The Morgan fingerprint density at radius 2 is 2.31 bits per heavy atom. The molecule has 0 aliphatic rings. The molecule has 0 heterocycles. The SMILES string of the molecule is CC(CO)CNc1cccc(F)c1. The van der Waals surface area contributed by atoms with E-state index in [1.54, 1.807) is 12.1 Å². The maximum atomic E-state index is 12.7. The van der Waals surface area contributed by atoms with Crippen molar-refractivity contribution in [2.45, 2.75) is 6.92 Å². The number of anilines is 1. The summed E-state index contributed by atoms with van der Waals surface area (Å²) in [4.78, 5) is 0. The molecule has 0 radical (unpaired) electrons. The van der Waals surface area contributed by atoms with Crippen molar-refractivity contribution >= 4 is 5.69 Å². The van der Waals surface area contributed by atoms with Gasteiger partial charge in [-0.25, -0.2) is 4.39 Å². The molecule has 0 bridgehead atoms. The van der Waals surface area contributed by atoms with Gasteiger partial charge in [0.15, 0.2) is 0 Å².